The Hall–Kier alpha value is -2.04. The van der Waals surface area contributed by atoms with Gasteiger partial charge in [-0.15, -0.1) is 0 Å². The summed E-state index contributed by atoms with van der Waals surface area (Å²) in [5.41, 5.74) is 1.52. The first-order chi connectivity index (χ1) is 8.95. The second kappa shape index (κ2) is 4.91. The molecule has 0 radical (unpaired) electrons. The number of carbonyl (C=O) groups excluding carboxylic acids is 1. The highest BCUT2D eigenvalue weighted by Crippen LogP contribution is 2.33. The molecule has 2 aromatic rings. The van der Waals surface area contributed by atoms with Crippen LogP contribution in [0.3, 0.4) is 0 Å². The maximum absolute atomic E-state index is 13.9. The van der Waals surface area contributed by atoms with Crippen LogP contribution in [-0.4, -0.2) is 11.0 Å². The van der Waals surface area contributed by atoms with Crippen LogP contribution in [0.5, 0.6) is 5.75 Å². The second-order valence-electron chi connectivity index (χ2n) is 4.22. The van der Waals surface area contributed by atoms with Gasteiger partial charge < -0.3 is 4.74 Å². The lowest BCUT2D eigenvalue weighted by Gasteiger charge is -2.13. The topological polar surface area (TPSA) is 39.2 Å². The summed E-state index contributed by atoms with van der Waals surface area (Å²) < 4.78 is 32.3. The lowest BCUT2D eigenvalue weighted by Crippen LogP contribution is -2.07. The third-order valence-corrected chi connectivity index (χ3v) is 2.91. The highest BCUT2D eigenvalue weighted by atomic mass is 19.2. The predicted molar refractivity (Wildman–Crippen MR) is 67.1 cm³/mol. The largest absolute Gasteiger partial charge is 0.426 e. The summed E-state index contributed by atoms with van der Waals surface area (Å²) in [4.78, 5) is 15.4. The van der Waals surface area contributed by atoms with Crippen molar-refractivity contribution in [1.82, 2.24) is 4.98 Å². The number of aryl methyl sites for hydroxylation is 1. The van der Waals surface area contributed by atoms with Crippen LogP contribution in [0.25, 0.3) is 10.9 Å². The Kier molecular flexibility index (Phi) is 3.46. The van der Waals surface area contributed by atoms with Crippen LogP contribution in [0.1, 0.15) is 25.1 Å². The lowest BCUT2D eigenvalue weighted by molar-refractivity contribution is -0.131. The fraction of sp³-hybridized carbons (Fsp3) is 0.286. The molecule has 0 unspecified atom stereocenters. The van der Waals surface area contributed by atoms with Gasteiger partial charge in [0.1, 0.15) is 5.75 Å². The average Bonchev–Trinajstić information content (AvgIpc) is 2.36. The molecular formula is C14H13F2NO2. The van der Waals surface area contributed by atoms with E-state index in [4.69, 9.17) is 4.74 Å². The van der Waals surface area contributed by atoms with E-state index in [-0.39, 0.29) is 16.7 Å². The maximum atomic E-state index is 13.9. The van der Waals surface area contributed by atoms with Gasteiger partial charge in [-0.25, -0.2) is 8.78 Å². The van der Waals surface area contributed by atoms with Gasteiger partial charge in [0, 0.05) is 18.2 Å². The minimum absolute atomic E-state index is 0.0475. The molecule has 19 heavy (non-hydrogen) atoms. The van der Waals surface area contributed by atoms with Crippen LogP contribution in [0.4, 0.5) is 8.78 Å². The average molecular weight is 265 g/mol. The number of benzene rings is 1. The molecule has 0 fully saturated rings. The van der Waals surface area contributed by atoms with Crippen molar-refractivity contribution >= 4 is 16.9 Å². The minimum atomic E-state index is -1.05. The molecule has 5 heteroatoms. The van der Waals surface area contributed by atoms with Crippen molar-refractivity contribution in [3.63, 3.8) is 0 Å². The zero-order chi connectivity index (χ0) is 14.2. The first kappa shape index (κ1) is 13.4. The molecule has 0 aliphatic heterocycles. The number of esters is 1. The third kappa shape index (κ3) is 2.28. The van der Waals surface area contributed by atoms with E-state index >= 15 is 0 Å². The Bertz CT molecular complexity index is 668. The van der Waals surface area contributed by atoms with E-state index in [2.05, 4.69) is 4.98 Å². The molecule has 0 atom stereocenters. The number of carbonyl (C=O) groups is 1. The van der Waals surface area contributed by atoms with E-state index in [9.17, 15) is 13.6 Å². The van der Waals surface area contributed by atoms with Crippen molar-refractivity contribution in [2.45, 2.75) is 27.2 Å². The van der Waals surface area contributed by atoms with E-state index in [1.807, 2.05) is 6.92 Å². The molecule has 1 aromatic heterocycles. The van der Waals surface area contributed by atoms with Crippen molar-refractivity contribution in [3.8, 4) is 5.75 Å². The number of pyridine rings is 1. The summed E-state index contributed by atoms with van der Waals surface area (Å²) in [7, 11) is 0. The minimum Gasteiger partial charge on any atom is -0.426 e. The lowest BCUT2D eigenvalue weighted by atomic mass is 10.1. The summed E-state index contributed by atoms with van der Waals surface area (Å²) in [5, 5.41) is -0.0927. The van der Waals surface area contributed by atoms with Gasteiger partial charge in [0.25, 0.3) is 0 Å². The van der Waals surface area contributed by atoms with Gasteiger partial charge in [0.2, 0.25) is 0 Å². The Morgan fingerprint density at radius 2 is 2.05 bits per heavy atom. The molecule has 1 heterocycles. The van der Waals surface area contributed by atoms with Crippen LogP contribution in [-0.2, 0) is 11.2 Å². The Balaban J connectivity index is 2.88. The van der Waals surface area contributed by atoms with Crippen LogP contribution >= 0.6 is 0 Å². The number of fused-ring (bicyclic) bond motifs is 1. The number of nitrogens with zero attached hydrogens (tertiary/aromatic N) is 1. The van der Waals surface area contributed by atoms with Crippen molar-refractivity contribution in [2.24, 2.45) is 0 Å². The molecule has 0 aliphatic rings. The molecule has 0 spiro atoms. The van der Waals surface area contributed by atoms with E-state index in [1.54, 1.807) is 6.92 Å². The monoisotopic (exact) mass is 265 g/mol. The molecule has 0 amide bonds. The number of ether oxygens (including phenoxy) is 1. The van der Waals surface area contributed by atoms with Crippen molar-refractivity contribution < 1.29 is 18.3 Å². The Morgan fingerprint density at radius 1 is 1.37 bits per heavy atom. The van der Waals surface area contributed by atoms with E-state index < -0.39 is 17.6 Å². The SMILES string of the molecule is CCc1nc2ccc(F)c(F)c2c(OC(C)=O)c1C. The van der Waals surface area contributed by atoms with Gasteiger partial charge in [-0.2, -0.15) is 0 Å². The van der Waals surface area contributed by atoms with Gasteiger partial charge >= 0.3 is 5.97 Å². The highest BCUT2D eigenvalue weighted by molar-refractivity contribution is 5.89. The molecule has 0 saturated carbocycles. The number of halogens is 2. The number of rotatable bonds is 2. The van der Waals surface area contributed by atoms with Crippen molar-refractivity contribution in [2.75, 3.05) is 0 Å². The molecule has 1 aromatic carbocycles. The zero-order valence-electron chi connectivity index (χ0n) is 10.9. The van der Waals surface area contributed by atoms with Crippen LogP contribution in [0.2, 0.25) is 0 Å². The highest BCUT2D eigenvalue weighted by Gasteiger charge is 2.19. The maximum Gasteiger partial charge on any atom is 0.308 e. The number of hydrogen-bond acceptors (Lipinski definition) is 3. The van der Waals surface area contributed by atoms with Gasteiger partial charge in [-0.1, -0.05) is 6.92 Å². The molecular weight excluding hydrogens is 252 g/mol. The second-order valence-corrected chi connectivity index (χ2v) is 4.22. The quantitative estimate of drug-likeness (QED) is 0.782. The molecule has 0 aliphatic carbocycles. The van der Waals surface area contributed by atoms with Gasteiger partial charge in [0.05, 0.1) is 10.9 Å². The van der Waals surface area contributed by atoms with E-state index in [1.165, 1.54) is 13.0 Å². The van der Waals surface area contributed by atoms with Crippen LogP contribution in [0, 0.1) is 18.6 Å². The molecule has 3 nitrogen and oxygen atoms in total. The van der Waals surface area contributed by atoms with Crippen molar-refractivity contribution in [3.05, 3.63) is 35.0 Å². The zero-order valence-corrected chi connectivity index (χ0v) is 10.9. The van der Waals surface area contributed by atoms with E-state index in [0.29, 0.717) is 17.7 Å². The third-order valence-electron chi connectivity index (χ3n) is 2.91. The smallest absolute Gasteiger partial charge is 0.308 e. The number of aromatic nitrogens is 1. The van der Waals surface area contributed by atoms with Gasteiger partial charge in [-0.3, -0.25) is 9.78 Å². The summed E-state index contributed by atoms with van der Waals surface area (Å²) in [6.45, 7) is 4.78. The Morgan fingerprint density at radius 3 is 2.63 bits per heavy atom. The summed E-state index contributed by atoms with van der Waals surface area (Å²) in [6.07, 6.45) is 0.606. The summed E-state index contributed by atoms with van der Waals surface area (Å²) in [5.74, 6) is -2.58. The standard InChI is InChI=1S/C14H13F2NO2/c1-4-10-7(2)14(19-8(3)18)12-11(17-10)6-5-9(15)13(12)16/h5-6H,4H2,1-3H3. The predicted octanol–water partition coefficient (Wildman–Crippen LogP) is 3.31. The molecule has 0 N–H and O–H groups in total. The number of hydrogen-bond donors (Lipinski definition) is 0. The molecule has 0 bridgehead atoms. The fourth-order valence-corrected chi connectivity index (χ4v) is 2.01. The van der Waals surface area contributed by atoms with E-state index in [0.717, 1.165) is 6.07 Å². The summed E-state index contributed by atoms with van der Waals surface area (Å²) in [6, 6.07) is 2.39. The first-order valence-corrected chi connectivity index (χ1v) is 5.91. The Labute approximate surface area is 109 Å². The molecule has 0 saturated heterocycles. The van der Waals surface area contributed by atoms with Crippen LogP contribution in [0.15, 0.2) is 12.1 Å². The van der Waals surface area contributed by atoms with Crippen LogP contribution < -0.4 is 4.74 Å². The first-order valence-electron chi connectivity index (χ1n) is 5.91. The van der Waals surface area contributed by atoms with Gasteiger partial charge in [0.15, 0.2) is 11.6 Å². The van der Waals surface area contributed by atoms with Gasteiger partial charge in [-0.05, 0) is 25.5 Å². The van der Waals surface area contributed by atoms with Crippen molar-refractivity contribution in [1.29, 1.82) is 0 Å². The normalized spacial score (nSPS) is 10.8. The summed E-state index contributed by atoms with van der Waals surface area (Å²) >= 11 is 0. The fourth-order valence-electron chi connectivity index (χ4n) is 2.01. The molecule has 100 valence electrons. The molecule has 2 rings (SSSR count).